The van der Waals surface area contributed by atoms with E-state index in [1.54, 1.807) is 11.8 Å². The molecule has 0 radical (unpaired) electrons. The number of nitrogens with two attached hydrogens (primary N) is 1. The van der Waals surface area contributed by atoms with Crippen molar-refractivity contribution in [3.63, 3.8) is 0 Å². The zero-order valence-corrected chi connectivity index (χ0v) is 16.3. The number of hydrogen-bond donors (Lipinski definition) is 1. The van der Waals surface area contributed by atoms with Crippen molar-refractivity contribution < 1.29 is 9.53 Å². The fourth-order valence-electron chi connectivity index (χ4n) is 3.39. The van der Waals surface area contributed by atoms with E-state index in [0.29, 0.717) is 38.7 Å². The number of nitrogen functional groups attached to an aromatic ring is 1. The van der Waals surface area contributed by atoms with Gasteiger partial charge in [0.1, 0.15) is 11.6 Å². The van der Waals surface area contributed by atoms with Gasteiger partial charge in [-0.3, -0.25) is 4.79 Å². The van der Waals surface area contributed by atoms with Crippen LogP contribution in [-0.4, -0.2) is 65.9 Å². The Bertz CT molecular complexity index is 609. The van der Waals surface area contributed by atoms with Crippen molar-refractivity contribution in [2.24, 2.45) is 5.92 Å². The van der Waals surface area contributed by atoms with Crippen molar-refractivity contribution in [2.45, 2.75) is 37.8 Å². The van der Waals surface area contributed by atoms with E-state index in [0.717, 1.165) is 49.0 Å². The molecule has 1 amide bonds. The van der Waals surface area contributed by atoms with Crippen LogP contribution in [0, 0.1) is 5.92 Å². The molecule has 3 rings (SSSR count). The molecule has 0 unspecified atom stereocenters. The highest BCUT2D eigenvalue weighted by molar-refractivity contribution is 7.99. The molecular formula is C18H29N5O2S. The van der Waals surface area contributed by atoms with Gasteiger partial charge in [0, 0.05) is 38.0 Å². The van der Waals surface area contributed by atoms with E-state index in [2.05, 4.69) is 21.8 Å². The fraction of sp³-hybridized carbons (Fsp3) is 0.722. The maximum absolute atomic E-state index is 12.8. The summed E-state index contributed by atoms with van der Waals surface area (Å²) in [6.07, 6.45) is 4.21. The van der Waals surface area contributed by atoms with Gasteiger partial charge >= 0.3 is 0 Å². The minimum absolute atomic E-state index is 0.0224. The Morgan fingerprint density at radius 2 is 2.15 bits per heavy atom. The van der Waals surface area contributed by atoms with Crippen molar-refractivity contribution in [3.8, 4) is 0 Å². The maximum atomic E-state index is 12.8. The molecule has 2 fully saturated rings. The number of aromatic nitrogens is 2. The molecule has 8 heteroatoms. The Balaban J connectivity index is 1.65. The van der Waals surface area contributed by atoms with Crippen LogP contribution in [0.5, 0.6) is 0 Å². The first-order chi connectivity index (χ1) is 12.7. The minimum Gasteiger partial charge on any atom is -0.383 e. The molecular weight excluding hydrogens is 350 g/mol. The number of piperidine rings is 1. The summed E-state index contributed by atoms with van der Waals surface area (Å²) in [4.78, 5) is 26.0. The fourth-order valence-corrected chi connectivity index (χ4v) is 4.34. The number of carbonyl (C=O) groups is 1. The lowest BCUT2D eigenvalue weighted by Crippen LogP contribution is -2.48. The van der Waals surface area contributed by atoms with E-state index in [4.69, 9.17) is 10.5 Å². The Labute approximate surface area is 159 Å². The number of amides is 1. The summed E-state index contributed by atoms with van der Waals surface area (Å²) in [5.41, 5.74) is 6.00. The standard InChI is InChI=1S/C18H29N5O2S/c1-2-3-11-26-18-20-15(19)12-16(21-18)23-6-4-5-14(13-23)17(24)22-7-9-25-10-8-22/h12,14H,2-11,13H2,1H3,(H2,19,20,21)/t14-/m1/s1. The summed E-state index contributed by atoms with van der Waals surface area (Å²) in [6, 6.07) is 1.82. The normalized spacial score (nSPS) is 21.0. The highest BCUT2D eigenvalue weighted by atomic mass is 32.2. The molecule has 2 aliphatic heterocycles. The van der Waals surface area contributed by atoms with Gasteiger partial charge in [-0.1, -0.05) is 25.1 Å². The van der Waals surface area contributed by atoms with E-state index < -0.39 is 0 Å². The van der Waals surface area contributed by atoms with E-state index in [9.17, 15) is 4.79 Å². The van der Waals surface area contributed by atoms with Crippen molar-refractivity contribution in [3.05, 3.63) is 6.07 Å². The lowest BCUT2D eigenvalue weighted by molar-refractivity contribution is -0.139. The van der Waals surface area contributed by atoms with Gasteiger partial charge in [-0.25, -0.2) is 9.97 Å². The first kappa shape index (κ1) is 19.2. The molecule has 2 saturated heterocycles. The monoisotopic (exact) mass is 379 g/mol. The SMILES string of the molecule is CCCCSc1nc(N)cc(N2CCC[C@@H](C(=O)N3CCOCC3)C2)n1. The predicted molar refractivity (Wildman–Crippen MR) is 104 cm³/mol. The first-order valence-corrected chi connectivity index (χ1v) is 10.5. The van der Waals surface area contributed by atoms with Gasteiger partial charge in [0.05, 0.1) is 19.1 Å². The number of morpholine rings is 1. The van der Waals surface area contributed by atoms with Gasteiger partial charge < -0.3 is 20.3 Å². The predicted octanol–water partition coefficient (Wildman–Crippen LogP) is 2.03. The Kier molecular flexibility index (Phi) is 6.96. The molecule has 1 aromatic rings. The van der Waals surface area contributed by atoms with Crippen LogP contribution in [0.4, 0.5) is 11.6 Å². The van der Waals surface area contributed by atoms with E-state index in [-0.39, 0.29) is 11.8 Å². The van der Waals surface area contributed by atoms with Crippen LogP contribution in [0.15, 0.2) is 11.2 Å². The van der Waals surface area contributed by atoms with Gasteiger partial charge in [0.15, 0.2) is 5.16 Å². The Morgan fingerprint density at radius 1 is 1.35 bits per heavy atom. The molecule has 2 N–H and O–H groups in total. The quantitative estimate of drug-likeness (QED) is 0.460. The Hall–Kier alpha value is -1.54. The van der Waals surface area contributed by atoms with Gasteiger partial charge in [-0.05, 0) is 19.3 Å². The van der Waals surface area contributed by atoms with E-state index in [1.165, 1.54) is 0 Å². The smallest absolute Gasteiger partial charge is 0.227 e. The second kappa shape index (κ2) is 9.41. The zero-order chi connectivity index (χ0) is 18.4. The molecule has 0 aliphatic carbocycles. The van der Waals surface area contributed by atoms with Crippen LogP contribution >= 0.6 is 11.8 Å². The van der Waals surface area contributed by atoms with Crippen LogP contribution in [0.1, 0.15) is 32.6 Å². The Morgan fingerprint density at radius 3 is 2.92 bits per heavy atom. The van der Waals surface area contributed by atoms with Gasteiger partial charge in [0.2, 0.25) is 5.91 Å². The average Bonchev–Trinajstić information content (AvgIpc) is 2.68. The minimum atomic E-state index is 0.0224. The van der Waals surface area contributed by atoms with Crippen LogP contribution in [0.2, 0.25) is 0 Å². The third kappa shape index (κ3) is 5.01. The van der Waals surface area contributed by atoms with Crippen LogP contribution in [-0.2, 0) is 9.53 Å². The second-order valence-electron chi connectivity index (χ2n) is 6.86. The number of carbonyl (C=O) groups excluding carboxylic acids is 1. The number of anilines is 2. The summed E-state index contributed by atoms with van der Waals surface area (Å²) in [5.74, 6) is 2.61. The molecule has 3 heterocycles. The molecule has 0 spiro atoms. The summed E-state index contributed by atoms with van der Waals surface area (Å²) in [6.45, 7) is 6.47. The van der Waals surface area contributed by atoms with Crippen molar-refractivity contribution in [1.82, 2.24) is 14.9 Å². The zero-order valence-electron chi connectivity index (χ0n) is 15.5. The first-order valence-electron chi connectivity index (χ1n) is 9.56. The molecule has 0 aromatic carbocycles. The molecule has 1 atom stereocenters. The second-order valence-corrected chi connectivity index (χ2v) is 7.92. The third-order valence-electron chi connectivity index (χ3n) is 4.86. The molecule has 0 bridgehead atoms. The molecule has 0 saturated carbocycles. The van der Waals surface area contributed by atoms with Crippen LogP contribution in [0.3, 0.4) is 0 Å². The highest BCUT2D eigenvalue weighted by Gasteiger charge is 2.30. The van der Waals surface area contributed by atoms with Crippen molar-refractivity contribution in [2.75, 3.05) is 55.8 Å². The van der Waals surface area contributed by atoms with Crippen LogP contribution in [0.25, 0.3) is 0 Å². The lowest BCUT2D eigenvalue weighted by Gasteiger charge is -2.36. The number of nitrogens with zero attached hydrogens (tertiary/aromatic N) is 4. The number of thioether (sulfide) groups is 1. The summed E-state index contributed by atoms with van der Waals surface area (Å²) < 4.78 is 5.36. The van der Waals surface area contributed by atoms with E-state index >= 15 is 0 Å². The largest absolute Gasteiger partial charge is 0.383 e. The van der Waals surface area contributed by atoms with Crippen molar-refractivity contribution in [1.29, 1.82) is 0 Å². The molecule has 2 aliphatic rings. The van der Waals surface area contributed by atoms with Gasteiger partial charge in [-0.15, -0.1) is 0 Å². The molecule has 26 heavy (non-hydrogen) atoms. The van der Waals surface area contributed by atoms with Crippen LogP contribution < -0.4 is 10.6 Å². The van der Waals surface area contributed by atoms with E-state index in [1.807, 2.05) is 11.0 Å². The average molecular weight is 380 g/mol. The summed E-state index contributed by atoms with van der Waals surface area (Å²) in [7, 11) is 0. The molecule has 1 aromatic heterocycles. The number of hydrogen-bond acceptors (Lipinski definition) is 7. The summed E-state index contributed by atoms with van der Waals surface area (Å²) >= 11 is 1.65. The highest BCUT2D eigenvalue weighted by Crippen LogP contribution is 2.26. The lowest BCUT2D eigenvalue weighted by atomic mass is 9.96. The number of ether oxygens (including phenoxy) is 1. The topological polar surface area (TPSA) is 84.6 Å². The van der Waals surface area contributed by atoms with Gasteiger partial charge in [0.25, 0.3) is 0 Å². The number of unbranched alkanes of at least 4 members (excludes halogenated alkanes) is 1. The molecule has 144 valence electrons. The summed E-state index contributed by atoms with van der Waals surface area (Å²) in [5, 5.41) is 0.732. The maximum Gasteiger partial charge on any atom is 0.227 e. The van der Waals surface area contributed by atoms with Gasteiger partial charge in [-0.2, -0.15) is 0 Å². The van der Waals surface area contributed by atoms with Crippen molar-refractivity contribution >= 4 is 29.3 Å². The molecule has 7 nitrogen and oxygen atoms in total. The third-order valence-corrected chi connectivity index (χ3v) is 5.79. The number of rotatable bonds is 6.